The van der Waals surface area contributed by atoms with Crippen molar-refractivity contribution >= 4 is 29.0 Å². The molecule has 3 aromatic carbocycles. The SMILES string of the molecule is O=C(O)c1cccc(Cn2cc(/C=N\NC(=O)c3cccc(C(F)(F)F)c3)c3ccccc32)c1. The Kier molecular flexibility index (Phi) is 6.18. The first-order chi connectivity index (χ1) is 16.2. The van der Waals surface area contributed by atoms with Crippen LogP contribution in [0.25, 0.3) is 10.9 Å². The molecule has 0 spiro atoms. The molecule has 0 saturated heterocycles. The number of halogens is 3. The molecule has 0 aliphatic heterocycles. The van der Waals surface area contributed by atoms with E-state index in [1.165, 1.54) is 18.3 Å². The lowest BCUT2D eigenvalue weighted by atomic mass is 10.1. The van der Waals surface area contributed by atoms with Gasteiger partial charge in [0.1, 0.15) is 0 Å². The Bertz CT molecular complexity index is 1410. The van der Waals surface area contributed by atoms with Crippen LogP contribution in [0.2, 0.25) is 0 Å². The summed E-state index contributed by atoms with van der Waals surface area (Å²) in [6.07, 6.45) is -1.33. The molecule has 6 nitrogen and oxygen atoms in total. The standard InChI is InChI=1S/C25H18F3N3O3/c26-25(27,28)20-8-4-6-17(12-20)23(32)30-29-13-19-15-31(22-10-2-1-9-21(19)22)14-16-5-3-7-18(11-16)24(33)34/h1-13,15H,14H2,(H,30,32)(H,33,34)/b29-13-. The van der Waals surface area contributed by atoms with Crippen molar-refractivity contribution in [3.63, 3.8) is 0 Å². The maximum Gasteiger partial charge on any atom is 0.416 e. The van der Waals surface area contributed by atoms with Crippen molar-refractivity contribution in [3.05, 3.63) is 107 Å². The number of amides is 1. The van der Waals surface area contributed by atoms with Crippen LogP contribution in [0.1, 0.15) is 37.4 Å². The Balaban J connectivity index is 1.56. The molecule has 0 fully saturated rings. The molecule has 0 aliphatic rings. The van der Waals surface area contributed by atoms with Crippen molar-refractivity contribution in [2.75, 3.05) is 0 Å². The number of carbonyl (C=O) groups excluding carboxylic acids is 1. The third-order valence-electron chi connectivity index (χ3n) is 5.17. The molecule has 0 aliphatic carbocycles. The molecule has 4 aromatic rings. The van der Waals surface area contributed by atoms with Gasteiger partial charge in [-0.25, -0.2) is 10.2 Å². The number of nitrogens with one attached hydrogen (secondary N) is 1. The van der Waals surface area contributed by atoms with Gasteiger partial charge in [0.2, 0.25) is 0 Å². The number of hydrogen-bond donors (Lipinski definition) is 2. The summed E-state index contributed by atoms with van der Waals surface area (Å²) in [5.41, 5.74) is 3.71. The zero-order chi connectivity index (χ0) is 24.3. The quantitative estimate of drug-likeness (QED) is 0.304. The van der Waals surface area contributed by atoms with Crippen LogP contribution in [0.4, 0.5) is 13.2 Å². The number of fused-ring (bicyclic) bond motifs is 1. The van der Waals surface area contributed by atoms with E-state index in [1.54, 1.807) is 18.3 Å². The molecule has 1 aromatic heterocycles. The van der Waals surface area contributed by atoms with E-state index in [0.717, 1.165) is 34.7 Å². The van der Waals surface area contributed by atoms with Crippen LogP contribution in [0, 0.1) is 0 Å². The van der Waals surface area contributed by atoms with E-state index in [2.05, 4.69) is 10.5 Å². The van der Waals surface area contributed by atoms with Crippen molar-refractivity contribution in [1.82, 2.24) is 9.99 Å². The Morgan fingerprint density at radius 1 is 0.971 bits per heavy atom. The maximum atomic E-state index is 12.9. The van der Waals surface area contributed by atoms with Gasteiger partial charge in [-0.05, 0) is 42.0 Å². The molecule has 0 bridgehead atoms. The fourth-order valence-corrected chi connectivity index (χ4v) is 3.57. The van der Waals surface area contributed by atoms with Crippen LogP contribution in [-0.2, 0) is 12.7 Å². The van der Waals surface area contributed by atoms with E-state index in [1.807, 2.05) is 34.9 Å². The van der Waals surface area contributed by atoms with E-state index in [0.29, 0.717) is 12.1 Å². The molecular formula is C25H18F3N3O3. The molecule has 4 rings (SSSR count). The van der Waals surface area contributed by atoms with Gasteiger partial charge in [0.15, 0.2) is 0 Å². The topological polar surface area (TPSA) is 83.7 Å². The van der Waals surface area contributed by atoms with E-state index in [-0.39, 0.29) is 11.1 Å². The normalized spacial score (nSPS) is 11.7. The van der Waals surface area contributed by atoms with Gasteiger partial charge in [-0.15, -0.1) is 0 Å². The Labute approximate surface area is 192 Å². The highest BCUT2D eigenvalue weighted by atomic mass is 19.4. The first kappa shape index (κ1) is 22.8. The lowest BCUT2D eigenvalue weighted by Crippen LogP contribution is -2.18. The highest BCUT2D eigenvalue weighted by molar-refractivity contribution is 6.00. The van der Waals surface area contributed by atoms with Crippen molar-refractivity contribution in [2.24, 2.45) is 5.10 Å². The minimum atomic E-state index is -4.55. The van der Waals surface area contributed by atoms with Crippen LogP contribution < -0.4 is 5.43 Å². The monoisotopic (exact) mass is 465 g/mol. The number of carboxylic acid groups (broad SMARTS) is 1. The Morgan fingerprint density at radius 3 is 2.47 bits per heavy atom. The van der Waals surface area contributed by atoms with Crippen LogP contribution in [0.15, 0.2) is 84.1 Å². The van der Waals surface area contributed by atoms with Crippen molar-refractivity contribution < 1.29 is 27.9 Å². The minimum Gasteiger partial charge on any atom is -0.478 e. The van der Waals surface area contributed by atoms with E-state index in [4.69, 9.17) is 0 Å². The number of hydrogen-bond acceptors (Lipinski definition) is 3. The summed E-state index contributed by atoms with van der Waals surface area (Å²) in [4.78, 5) is 23.5. The first-order valence-electron chi connectivity index (χ1n) is 10.1. The molecule has 1 amide bonds. The molecule has 1 heterocycles. The molecule has 0 unspecified atom stereocenters. The molecular weight excluding hydrogens is 447 g/mol. The fourth-order valence-electron chi connectivity index (χ4n) is 3.57. The van der Waals surface area contributed by atoms with Gasteiger partial charge in [-0.3, -0.25) is 4.79 Å². The van der Waals surface area contributed by atoms with Crippen molar-refractivity contribution in [3.8, 4) is 0 Å². The second-order valence-corrected chi connectivity index (χ2v) is 7.51. The number of alkyl halides is 3. The highest BCUT2D eigenvalue weighted by Gasteiger charge is 2.30. The largest absolute Gasteiger partial charge is 0.478 e. The number of para-hydroxylation sites is 1. The zero-order valence-electron chi connectivity index (χ0n) is 17.6. The average Bonchev–Trinajstić information content (AvgIpc) is 3.16. The fraction of sp³-hybridized carbons (Fsp3) is 0.0800. The number of aromatic nitrogens is 1. The van der Waals surface area contributed by atoms with Crippen LogP contribution in [0.3, 0.4) is 0 Å². The minimum absolute atomic E-state index is 0.160. The van der Waals surface area contributed by atoms with Gasteiger partial charge >= 0.3 is 12.1 Å². The van der Waals surface area contributed by atoms with Gasteiger partial charge in [0, 0.05) is 34.8 Å². The number of carbonyl (C=O) groups is 2. The number of hydrazone groups is 1. The van der Waals surface area contributed by atoms with Gasteiger partial charge in [0.25, 0.3) is 5.91 Å². The lowest BCUT2D eigenvalue weighted by molar-refractivity contribution is -0.137. The molecule has 9 heteroatoms. The van der Waals surface area contributed by atoms with Crippen LogP contribution in [-0.4, -0.2) is 27.8 Å². The third kappa shape index (κ3) is 4.98. The summed E-state index contributed by atoms with van der Waals surface area (Å²) < 4.78 is 40.6. The highest BCUT2D eigenvalue weighted by Crippen LogP contribution is 2.29. The summed E-state index contributed by atoms with van der Waals surface area (Å²) in [7, 11) is 0. The van der Waals surface area contributed by atoms with E-state index < -0.39 is 23.6 Å². The number of benzene rings is 3. The number of carboxylic acids is 1. The average molecular weight is 465 g/mol. The number of nitrogens with zero attached hydrogens (tertiary/aromatic N) is 2. The van der Waals surface area contributed by atoms with Crippen LogP contribution >= 0.6 is 0 Å². The summed E-state index contributed by atoms with van der Waals surface area (Å²) in [5.74, 6) is -1.78. The van der Waals surface area contributed by atoms with E-state index >= 15 is 0 Å². The van der Waals surface area contributed by atoms with Gasteiger partial charge in [-0.2, -0.15) is 18.3 Å². The van der Waals surface area contributed by atoms with Gasteiger partial charge < -0.3 is 9.67 Å². The van der Waals surface area contributed by atoms with Crippen molar-refractivity contribution in [1.29, 1.82) is 0 Å². The number of rotatable bonds is 6. The molecule has 0 atom stereocenters. The lowest BCUT2D eigenvalue weighted by Gasteiger charge is -2.07. The summed E-state index contributed by atoms with van der Waals surface area (Å²) >= 11 is 0. The van der Waals surface area contributed by atoms with Crippen LogP contribution in [0.5, 0.6) is 0 Å². The number of aromatic carboxylic acids is 1. The molecule has 34 heavy (non-hydrogen) atoms. The predicted octanol–water partition coefficient (Wildman–Crippen LogP) is 5.17. The summed E-state index contributed by atoms with van der Waals surface area (Å²) in [6, 6.07) is 18.2. The first-order valence-corrected chi connectivity index (χ1v) is 10.1. The molecule has 2 N–H and O–H groups in total. The zero-order valence-corrected chi connectivity index (χ0v) is 17.6. The Hall–Kier alpha value is -4.40. The Morgan fingerprint density at radius 2 is 1.71 bits per heavy atom. The van der Waals surface area contributed by atoms with E-state index in [9.17, 15) is 27.9 Å². The smallest absolute Gasteiger partial charge is 0.416 e. The maximum absolute atomic E-state index is 12.9. The molecule has 172 valence electrons. The second kappa shape index (κ2) is 9.22. The molecule has 0 saturated carbocycles. The summed E-state index contributed by atoms with van der Waals surface area (Å²) in [5, 5.41) is 14.0. The third-order valence-corrected chi connectivity index (χ3v) is 5.17. The predicted molar refractivity (Wildman–Crippen MR) is 121 cm³/mol. The summed E-state index contributed by atoms with van der Waals surface area (Å²) in [6.45, 7) is 0.409. The van der Waals surface area contributed by atoms with Gasteiger partial charge in [0.05, 0.1) is 17.3 Å². The second-order valence-electron chi connectivity index (χ2n) is 7.51. The molecule has 0 radical (unpaired) electrons. The van der Waals surface area contributed by atoms with Gasteiger partial charge in [-0.1, -0.05) is 36.4 Å². The van der Waals surface area contributed by atoms with Crippen molar-refractivity contribution in [2.45, 2.75) is 12.7 Å².